The normalized spacial score (nSPS) is 12.0. The number of carbonyl (C=O) groups excluding carboxylic acids is 2. The van der Waals surface area contributed by atoms with E-state index in [2.05, 4.69) is 10.3 Å². The van der Waals surface area contributed by atoms with Crippen LogP contribution in [0, 0.1) is 0 Å². The number of amides is 2. The lowest BCUT2D eigenvalue weighted by atomic mass is 10.1. The van der Waals surface area contributed by atoms with Crippen LogP contribution in [-0.4, -0.2) is 33.9 Å². The van der Waals surface area contributed by atoms with Crippen molar-refractivity contribution in [1.29, 1.82) is 0 Å². The van der Waals surface area contributed by atoms with E-state index in [0.717, 1.165) is 12.1 Å². The Kier molecular flexibility index (Phi) is 9.74. The number of hydrogen-bond acceptors (Lipinski definition) is 5. The number of imidazole rings is 1. The SMILES string of the molecule is NC(=O)[C@H](CCCN=C(N)N)n1c(-c2cccc(Oc3ccccc3)c2)nc2cc(C(=O)NCc3cccc(C(F)(F)F)c3)ccc21. The summed E-state index contributed by atoms with van der Waals surface area (Å²) in [5.41, 5.74) is 18.1. The molecule has 7 N–H and O–H groups in total. The number of aliphatic imine (C=N–C) groups is 1. The highest BCUT2D eigenvalue weighted by molar-refractivity contribution is 5.98. The largest absolute Gasteiger partial charge is 0.457 e. The van der Waals surface area contributed by atoms with E-state index in [-0.39, 0.29) is 24.6 Å². The first kappa shape index (κ1) is 32.5. The molecule has 0 radical (unpaired) electrons. The maximum Gasteiger partial charge on any atom is 0.416 e. The molecule has 10 nitrogen and oxygen atoms in total. The van der Waals surface area contributed by atoms with Gasteiger partial charge >= 0.3 is 6.18 Å². The second kappa shape index (κ2) is 14.1. The van der Waals surface area contributed by atoms with Crippen molar-refractivity contribution in [3.8, 4) is 22.9 Å². The predicted molar refractivity (Wildman–Crippen MR) is 172 cm³/mol. The fourth-order valence-electron chi connectivity index (χ4n) is 5.12. The molecular formula is C34H32F3N7O3. The number of primary amides is 1. The molecule has 1 aromatic heterocycles. The van der Waals surface area contributed by atoms with Gasteiger partial charge in [-0.2, -0.15) is 13.2 Å². The van der Waals surface area contributed by atoms with E-state index in [0.29, 0.717) is 52.3 Å². The lowest BCUT2D eigenvalue weighted by molar-refractivity contribution is -0.137. The summed E-state index contributed by atoms with van der Waals surface area (Å²) in [4.78, 5) is 34.8. The summed E-state index contributed by atoms with van der Waals surface area (Å²) in [5, 5.41) is 2.66. The smallest absolute Gasteiger partial charge is 0.416 e. The maximum absolute atomic E-state index is 13.1. The van der Waals surface area contributed by atoms with Crippen molar-refractivity contribution in [1.82, 2.24) is 14.9 Å². The van der Waals surface area contributed by atoms with Gasteiger partial charge < -0.3 is 31.8 Å². The van der Waals surface area contributed by atoms with Crippen molar-refractivity contribution in [2.75, 3.05) is 6.54 Å². The number of nitrogens with zero attached hydrogens (tertiary/aromatic N) is 3. The van der Waals surface area contributed by atoms with Gasteiger partial charge in [0.05, 0.1) is 16.6 Å². The van der Waals surface area contributed by atoms with E-state index >= 15 is 0 Å². The van der Waals surface area contributed by atoms with Crippen molar-refractivity contribution >= 4 is 28.8 Å². The standard InChI is InChI=1S/C34H32F3N7O3/c35-34(36,37)24-9-4-7-21(17-24)20-42-32(46)23-14-15-28-27(19-23)43-31(44(28)29(30(38)45)13-6-16-41-33(39)40)22-8-5-12-26(18-22)47-25-10-2-1-3-11-25/h1-5,7-12,14-15,17-19,29H,6,13,16,20H2,(H2,38,45)(H,42,46)(H4,39,40,41)/t29-/m0/s1. The van der Waals surface area contributed by atoms with E-state index in [1.165, 1.54) is 12.1 Å². The lowest BCUT2D eigenvalue weighted by Gasteiger charge is -2.19. The van der Waals surface area contributed by atoms with Crippen LogP contribution in [0.1, 0.15) is 40.4 Å². The molecule has 2 amide bonds. The molecule has 0 fully saturated rings. The number of rotatable bonds is 12. The Bertz CT molecular complexity index is 1920. The molecule has 1 atom stereocenters. The number of halogens is 3. The number of benzene rings is 4. The molecule has 0 saturated heterocycles. The summed E-state index contributed by atoms with van der Waals surface area (Å²) >= 11 is 0. The van der Waals surface area contributed by atoms with Crippen LogP contribution < -0.4 is 27.3 Å². The van der Waals surface area contributed by atoms with Crippen molar-refractivity contribution in [2.24, 2.45) is 22.2 Å². The van der Waals surface area contributed by atoms with Crippen LogP contribution >= 0.6 is 0 Å². The molecule has 5 rings (SSSR count). The van der Waals surface area contributed by atoms with Gasteiger partial charge in [0, 0.05) is 24.2 Å². The Hall–Kier alpha value is -5.85. The zero-order valence-electron chi connectivity index (χ0n) is 25.1. The zero-order valence-corrected chi connectivity index (χ0v) is 25.1. The fraction of sp³-hybridized carbons (Fsp3) is 0.176. The highest BCUT2D eigenvalue weighted by atomic mass is 19.4. The molecule has 0 spiro atoms. The number of para-hydroxylation sites is 1. The second-order valence-corrected chi connectivity index (χ2v) is 10.7. The number of guanidine groups is 1. The van der Waals surface area contributed by atoms with E-state index in [9.17, 15) is 22.8 Å². The molecule has 47 heavy (non-hydrogen) atoms. The first-order valence-electron chi connectivity index (χ1n) is 14.6. The van der Waals surface area contributed by atoms with Crippen molar-refractivity contribution in [3.05, 3.63) is 114 Å². The number of ether oxygens (including phenoxy) is 1. The number of nitrogens with one attached hydrogen (secondary N) is 1. The minimum atomic E-state index is -4.50. The lowest BCUT2D eigenvalue weighted by Crippen LogP contribution is -2.27. The summed E-state index contributed by atoms with van der Waals surface area (Å²) < 4.78 is 47.1. The monoisotopic (exact) mass is 643 g/mol. The molecule has 4 aromatic carbocycles. The Morgan fingerprint density at radius 2 is 1.64 bits per heavy atom. The molecule has 1 heterocycles. The van der Waals surface area contributed by atoms with E-state index in [1.807, 2.05) is 36.4 Å². The summed E-state index contributed by atoms with van der Waals surface area (Å²) in [6.07, 6.45) is -3.76. The average Bonchev–Trinajstić information content (AvgIpc) is 3.42. The third-order valence-electron chi connectivity index (χ3n) is 7.30. The topological polar surface area (TPSA) is 164 Å². The van der Waals surface area contributed by atoms with Crippen molar-refractivity contribution < 1.29 is 27.5 Å². The molecule has 242 valence electrons. The van der Waals surface area contributed by atoms with Crippen LogP contribution in [0.15, 0.2) is 102 Å². The van der Waals surface area contributed by atoms with Gasteiger partial charge in [-0.3, -0.25) is 14.6 Å². The maximum atomic E-state index is 13.1. The fourth-order valence-corrected chi connectivity index (χ4v) is 5.12. The number of alkyl halides is 3. The van der Waals surface area contributed by atoms with Gasteiger partial charge in [0.1, 0.15) is 23.4 Å². The van der Waals surface area contributed by atoms with Crippen molar-refractivity contribution in [2.45, 2.75) is 31.6 Å². The van der Waals surface area contributed by atoms with Gasteiger partial charge in [-0.15, -0.1) is 0 Å². The van der Waals surface area contributed by atoms with Gasteiger partial charge in [-0.25, -0.2) is 4.98 Å². The van der Waals surface area contributed by atoms with Crippen molar-refractivity contribution in [3.63, 3.8) is 0 Å². The Morgan fingerprint density at radius 3 is 2.36 bits per heavy atom. The predicted octanol–water partition coefficient (Wildman–Crippen LogP) is 5.52. The molecule has 0 aliphatic carbocycles. The quantitative estimate of drug-likeness (QED) is 0.0794. The minimum Gasteiger partial charge on any atom is -0.457 e. The Morgan fingerprint density at radius 1 is 0.894 bits per heavy atom. The Labute approximate surface area is 268 Å². The van der Waals surface area contributed by atoms with E-state index < -0.39 is 29.6 Å². The third kappa shape index (κ3) is 8.06. The van der Waals surface area contributed by atoms with Gasteiger partial charge in [-0.05, 0) is 73.0 Å². The number of aromatic nitrogens is 2. The molecule has 0 aliphatic rings. The summed E-state index contributed by atoms with van der Waals surface area (Å²) in [5.74, 6) is 0.394. The molecule has 5 aromatic rings. The van der Waals surface area contributed by atoms with Crippen LogP contribution in [0.2, 0.25) is 0 Å². The van der Waals surface area contributed by atoms with Crippen LogP contribution in [0.4, 0.5) is 13.2 Å². The molecule has 13 heteroatoms. The van der Waals surface area contributed by atoms with Gasteiger partial charge in [-0.1, -0.05) is 42.5 Å². The summed E-state index contributed by atoms with van der Waals surface area (Å²) in [6.45, 7) is 0.166. The van der Waals surface area contributed by atoms with Gasteiger partial charge in [0.25, 0.3) is 5.91 Å². The molecule has 0 unspecified atom stereocenters. The first-order chi connectivity index (χ1) is 22.5. The number of carbonyl (C=O) groups is 2. The molecule has 0 bridgehead atoms. The highest BCUT2D eigenvalue weighted by Crippen LogP contribution is 2.34. The first-order valence-corrected chi connectivity index (χ1v) is 14.6. The van der Waals surface area contributed by atoms with E-state index in [4.69, 9.17) is 26.9 Å². The second-order valence-electron chi connectivity index (χ2n) is 10.7. The number of fused-ring (bicyclic) bond motifs is 1. The molecule has 0 aliphatic heterocycles. The van der Waals surface area contributed by atoms with Crippen LogP contribution in [0.25, 0.3) is 22.4 Å². The number of hydrogen-bond donors (Lipinski definition) is 4. The zero-order chi connectivity index (χ0) is 33.6. The third-order valence-corrected chi connectivity index (χ3v) is 7.30. The Balaban J connectivity index is 1.49. The van der Waals surface area contributed by atoms with E-state index in [1.54, 1.807) is 41.0 Å². The summed E-state index contributed by atoms with van der Waals surface area (Å²) in [7, 11) is 0. The highest BCUT2D eigenvalue weighted by Gasteiger charge is 2.30. The van der Waals surface area contributed by atoms with Gasteiger partial charge in [0.2, 0.25) is 5.91 Å². The molecule has 0 saturated carbocycles. The minimum absolute atomic E-state index is 0.0662. The molecular weight excluding hydrogens is 611 g/mol. The van der Waals surface area contributed by atoms with Crippen LogP contribution in [0.3, 0.4) is 0 Å². The number of nitrogens with two attached hydrogens (primary N) is 3. The van der Waals surface area contributed by atoms with Crippen LogP contribution in [-0.2, 0) is 17.5 Å². The summed E-state index contributed by atoms with van der Waals surface area (Å²) in [6, 6.07) is 25.1. The average molecular weight is 644 g/mol. The van der Waals surface area contributed by atoms with Gasteiger partial charge in [0.15, 0.2) is 5.96 Å². The van der Waals surface area contributed by atoms with Crippen LogP contribution in [0.5, 0.6) is 11.5 Å².